The molecule has 0 aromatic rings. The fourth-order valence-electron chi connectivity index (χ4n) is 1.92. The summed E-state index contributed by atoms with van der Waals surface area (Å²) >= 11 is 0. The van der Waals surface area contributed by atoms with E-state index in [0.717, 1.165) is 0 Å². The van der Waals surface area contributed by atoms with E-state index in [-0.39, 0.29) is 13.1 Å². The highest BCUT2D eigenvalue weighted by Crippen LogP contribution is 2.26. The van der Waals surface area contributed by atoms with Crippen LogP contribution in [0.2, 0.25) is 0 Å². The molecule has 0 bridgehead atoms. The molecule has 19 heavy (non-hydrogen) atoms. The molecule has 0 saturated carbocycles. The highest BCUT2D eigenvalue weighted by Gasteiger charge is 2.45. The third kappa shape index (κ3) is 3.84. The number of rotatable bonds is 2. The number of aliphatic carboxylic acids is 1. The summed E-state index contributed by atoms with van der Waals surface area (Å²) in [7, 11) is 1.19. The molecule has 1 heterocycles. The SMILES string of the molecule is COC(=O)[C@@H]1CN(C(=O)OC(C)(C)C)CC1C(=O)O. The minimum Gasteiger partial charge on any atom is -0.481 e. The van der Waals surface area contributed by atoms with Gasteiger partial charge in [0.2, 0.25) is 0 Å². The van der Waals surface area contributed by atoms with Crippen LogP contribution in [-0.2, 0) is 19.1 Å². The van der Waals surface area contributed by atoms with Crippen molar-refractivity contribution in [1.82, 2.24) is 4.90 Å². The van der Waals surface area contributed by atoms with E-state index in [4.69, 9.17) is 9.84 Å². The second-order valence-electron chi connectivity index (χ2n) is 5.46. The molecule has 7 heteroatoms. The maximum atomic E-state index is 11.8. The number of carboxylic acid groups (broad SMARTS) is 1. The quantitative estimate of drug-likeness (QED) is 0.745. The molecule has 2 atom stereocenters. The summed E-state index contributed by atoms with van der Waals surface area (Å²) < 4.78 is 9.72. The normalized spacial score (nSPS) is 23.1. The van der Waals surface area contributed by atoms with Crippen LogP contribution < -0.4 is 0 Å². The van der Waals surface area contributed by atoms with Gasteiger partial charge in [-0.2, -0.15) is 0 Å². The lowest BCUT2D eigenvalue weighted by molar-refractivity contribution is -0.153. The van der Waals surface area contributed by atoms with Gasteiger partial charge in [-0.3, -0.25) is 9.59 Å². The van der Waals surface area contributed by atoms with Crippen LogP contribution in [0.3, 0.4) is 0 Å². The maximum absolute atomic E-state index is 11.8. The van der Waals surface area contributed by atoms with Gasteiger partial charge in [0, 0.05) is 13.1 Å². The zero-order valence-electron chi connectivity index (χ0n) is 11.5. The summed E-state index contributed by atoms with van der Waals surface area (Å²) in [5, 5.41) is 9.07. The fraction of sp³-hybridized carbons (Fsp3) is 0.750. The Morgan fingerprint density at radius 3 is 2.11 bits per heavy atom. The first-order chi connectivity index (χ1) is 8.65. The number of methoxy groups -OCH3 is 1. The van der Waals surface area contributed by atoms with E-state index in [1.54, 1.807) is 20.8 Å². The second kappa shape index (κ2) is 5.46. The minimum absolute atomic E-state index is 0.00144. The van der Waals surface area contributed by atoms with Crippen molar-refractivity contribution in [3.8, 4) is 0 Å². The number of carbonyl (C=O) groups excluding carboxylic acids is 2. The lowest BCUT2D eigenvalue weighted by Crippen LogP contribution is -2.36. The smallest absolute Gasteiger partial charge is 0.410 e. The summed E-state index contributed by atoms with van der Waals surface area (Å²) in [4.78, 5) is 35.7. The Morgan fingerprint density at radius 1 is 1.16 bits per heavy atom. The van der Waals surface area contributed by atoms with Gasteiger partial charge in [0.25, 0.3) is 0 Å². The lowest BCUT2D eigenvalue weighted by atomic mass is 9.97. The standard InChI is InChI=1S/C12H19NO6/c1-12(2,3)19-11(17)13-5-7(9(14)15)8(6-13)10(16)18-4/h7-8H,5-6H2,1-4H3,(H,14,15)/t7?,8-/m1/s1. The van der Waals surface area contributed by atoms with E-state index < -0.39 is 35.5 Å². The zero-order chi connectivity index (χ0) is 14.8. The Bertz CT molecular complexity index is 386. The first-order valence-electron chi connectivity index (χ1n) is 5.94. The largest absolute Gasteiger partial charge is 0.481 e. The highest BCUT2D eigenvalue weighted by molar-refractivity contribution is 5.84. The Morgan fingerprint density at radius 2 is 1.68 bits per heavy atom. The molecule has 1 fully saturated rings. The second-order valence-corrected chi connectivity index (χ2v) is 5.46. The zero-order valence-corrected chi connectivity index (χ0v) is 11.5. The average Bonchev–Trinajstić information content (AvgIpc) is 2.70. The minimum atomic E-state index is -1.12. The molecular weight excluding hydrogens is 254 g/mol. The summed E-state index contributed by atoms with van der Waals surface area (Å²) in [6, 6.07) is 0. The summed E-state index contributed by atoms with van der Waals surface area (Å²) in [6.45, 7) is 5.09. The number of carbonyl (C=O) groups is 3. The Kier molecular flexibility index (Phi) is 4.39. The molecule has 0 aliphatic carbocycles. The van der Waals surface area contributed by atoms with Crippen LogP contribution in [0.5, 0.6) is 0 Å². The van der Waals surface area contributed by atoms with Crippen LogP contribution >= 0.6 is 0 Å². The summed E-state index contributed by atoms with van der Waals surface area (Å²) in [5.74, 6) is -3.56. The molecule has 0 aromatic carbocycles. The predicted octanol–water partition coefficient (Wildman–Crippen LogP) is 0.727. The molecule has 7 nitrogen and oxygen atoms in total. The van der Waals surface area contributed by atoms with E-state index in [1.807, 2.05) is 0 Å². The van der Waals surface area contributed by atoms with Crippen molar-refractivity contribution in [3.05, 3.63) is 0 Å². The van der Waals surface area contributed by atoms with E-state index in [9.17, 15) is 14.4 Å². The number of ether oxygens (including phenoxy) is 2. The Labute approximate surface area is 111 Å². The Hall–Kier alpha value is -1.79. The molecule has 1 unspecified atom stereocenters. The van der Waals surface area contributed by atoms with Crippen molar-refractivity contribution in [3.63, 3.8) is 0 Å². The molecule has 1 N–H and O–H groups in total. The molecule has 1 aliphatic heterocycles. The van der Waals surface area contributed by atoms with Gasteiger partial charge in [-0.15, -0.1) is 0 Å². The van der Waals surface area contributed by atoms with E-state index >= 15 is 0 Å². The van der Waals surface area contributed by atoms with Crippen LogP contribution in [0.1, 0.15) is 20.8 Å². The van der Waals surface area contributed by atoms with Crippen molar-refractivity contribution in [2.45, 2.75) is 26.4 Å². The van der Waals surface area contributed by atoms with Crippen LogP contribution in [-0.4, -0.2) is 53.8 Å². The van der Waals surface area contributed by atoms with Gasteiger partial charge in [0.15, 0.2) is 0 Å². The third-order valence-electron chi connectivity index (χ3n) is 2.79. The first-order valence-corrected chi connectivity index (χ1v) is 5.94. The van der Waals surface area contributed by atoms with Crippen molar-refractivity contribution in [1.29, 1.82) is 0 Å². The van der Waals surface area contributed by atoms with Crippen molar-refractivity contribution < 1.29 is 29.0 Å². The van der Waals surface area contributed by atoms with Crippen molar-refractivity contribution in [2.24, 2.45) is 11.8 Å². The average molecular weight is 273 g/mol. The molecule has 0 aromatic heterocycles. The molecule has 0 radical (unpaired) electrons. The van der Waals surface area contributed by atoms with Crippen LogP contribution in [0.25, 0.3) is 0 Å². The Balaban J connectivity index is 2.78. The number of esters is 1. The van der Waals surface area contributed by atoms with Gasteiger partial charge in [-0.05, 0) is 20.8 Å². The number of hydrogen-bond donors (Lipinski definition) is 1. The fourth-order valence-corrected chi connectivity index (χ4v) is 1.92. The van der Waals surface area contributed by atoms with Gasteiger partial charge < -0.3 is 19.5 Å². The van der Waals surface area contributed by atoms with Crippen molar-refractivity contribution >= 4 is 18.0 Å². The number of amides is 1. The van der Waals surface area contributed by atoms with E-state index in [1.165, 1.54) is 12.0 Å². The molecule has 1 rings (SSSR count). The van der Waals surface area contributed by atoms with Gasteiger partial charge in [0.05, 0.1) is 18.9 Å². The van der Waals surface area contributed by atoms with Gasteiger partial charge >= 0.3 is 18.0 Å². The molecule has 108 valence electrons. The predicted molar refractivity (Wildman–Crippen MR) is 64.4 cm³/mol. The molecule has 1 aliphatic rings. The molecule has 1 amide bonds. The maximum Gasteiger partial charge on any atom is 0.410 e. The van der Waals surface area contributed by atoms with E-state index in [2.05, 4.69) is 4.74 Å². The first kappa shape index (κ1) is 15.3. The van der Waals surface area contributed by atoms with Crippen LogP contribution in [0, 0.1) is 11.8 Å². The van der Waals surface area contributed by atoms with Gasteiger partial charge in [-0.25, -0.2) is 4.79 Å². The third-order valence-corrected chi connectivity index (χ3v) is 2.79. The highest BCUT2D eigenvalue weighted by atomic mass is 16.6. The molecule has 1 saturated heterocycles. The molecular formula is C12H19NO6. The number of carboxylic acids is 1. The van der Waals surface area contributed by atoms with Gasteiger partial charge in [-0.1, -0.05) is 0 Å². The summed E-state index contributed by atoms with van der Waals surface area (Å²) in [5.41, 5.74) is -0.668. The lowest BCUT2D eigenvalue weighted by Gasteiger charge is -2.24. The monoisotopic (exact) mass is 273 g/mol. The van der Waals surface area contributed by atoms with Crippen molar-refractivity contribution in [2.75, 3.05) is 20.2 Å². The van der Waals surface area contributed by atoms with Crippen LogP contribution in [0.4, 0.5) is 4.79 Å². The van der Waals surface area contributed by atoms with Crippen LogP contribution in [0.15, 0.2) is 0 Å². The summed E-state index contributed by atoms with van der Waals surface area (Å²) in [6.07, 6.45) is -0.620. The number of nitrogens with zero attached hydrogens (tertiary/aromatic N) is 1. The van der Waals surface area contributed by atoms with Gasteiger partial charge in [0.1, 0.15) is 5.60 Å². The van der Waals surface area contributed by atoms with E-state index in [0.29, 0.717) is 0 Å². The topological polar surface area (TPSA) is 93.1 Å². The number of likely N-dealkylation sites (tertiary alicyclic amines) is 1. The molecule has 0 spiro atoms. The number of hydrogen-bond acceptors (Lipinski definition) is 5.